The van der Waals surface area contributed by atoms with E-state index in [2.05, 4.69) is 35.9 Å². The van der Waals surface area contributed by atoms with E-state index in [-0.39, 0.29) is 11.9 Å². The molecule has 0 aliphatic carbocycles. The van der Waals surface area contributed by atoms with Crippen molar-refractivity contribution in [1.82, 2.24) is 15.1 Å². The summed E-state index contributed by atoms with van der Waals surface area (Å²) in [6, 6.07) is 6.25. The Morgan fingerprint density at radius 2 is 2.15 bits per heavy atom. The van der Waals surface area contributed by atoms with Gasteiger partial charge in [-0.1, -0.05) is 19.9 Å². The third-order valence-corrected chi connectivity index (χ3v) is 4.96. The Balaban J connectivity index is 1.90. The molecule has 2 unspecified atom stereocenters. The van der Waals surface area contributed by atoms with Crippen LogP contribution in [-0.2, 0) is 0 Å². The molecule has 0 saturated carbocycles. The molecule has 2 rings (SSSR count). The lowest BCUT2D eigenvalue weighted by Gasteiger charge is -2.24. The number of rotatable bonds is 9. The Bertz CT molecular complexity index is 591. The molecule has 2 atom stereocenters. The molecule has 27 heavy (non-hydrogen) atoms. The zero-order chi connectivity index (χ0) is 19.6. The van der Waals surface area contributed by atoms with Crippen LogP contribution in [0.25, 0.3) is 0 Å². The fourth-order valence-electron chi connectivity index (χ4n) is 3.47. The second-order valence-corrected chi connectivity index (χ2v) is 7.17. The van der Waals surface area contributed by atoms with Crippen molar-refractivity contribution < 1.29 is 9.13 Å². The molecule has 1 saturated heterocycles. The molecule has 1 heterocycles. The van der Waals surface area contributed by atoms with E-state index in [4.69, 9.17) is 9.73 Å². The Morgan fingerprint density at radius 3 is 2.81 bits per heavy atom. The molecule has 1 N–H and O–H groups in total. The van der Waals surface area contributed by atoms with E-state index in [1.54, 1.807) is 12.1 Å². The quantitative estimate of drug-likeness (QED) is 0.529. The molecule has 1 aliphatic rings. The van der Waals surface area contributed by atoms with Gasteiger partial charge in [0.15, 0.2) is 5.96 Å². The third-order valence-electron chi connectivity index (χ3n) is 4.96. The van der Waals surface area contributed by atoms with Crippen LogP contribution >= 0.6 is 0 Å². The highest BCUT2D eigenvalue weighted by Gasteiger charge is 2.26. The second-order valence-electron chi connectivity index (χ2n) is 7.17. The normalized spacial score (nSPS) is 18.8. The largest absolute Gasteiger partial charge is 0.489 e. The first-order chi connectivity index (χ1) is 13.0. The average molecular weight is 379 g/mol. The van der Waals surface area contributed by atoms with Crippen LogP contribution in [0.15, 0.2) is 29.3 Å². The van der Waals surface area contributed by atoms with Crippen molar-refractivity contribution in [2.24, 2.45) is 10.9 Å². The van der Waals surface area contributed by atoms with E-state index in [0.717, 1.165) is 45.2 Å². The lowest BCUT2D eigenvalue weighted by atomic mass is 10.1. The fraction of sp³-hybridized carbons (Fsp3) is 0.667. The molecular weight excluding hydrogens is 343 g/mol. The Kier molecular flexibility index (Phi) is 8.85. The van der Waals surface area contributed by atoms with Crippen molar-refractivity contribution >= 4 is 5.96 Å². The predicted octanol–water partition coefficient (Wildman–Crippen LogP) is 3.22. The van der Waals surface area contributed by atoms with E-state index < -0.39 is 0 Å². The second kappa shape index (κ2) is 11.1. The van der Waals surface area contributed by atoms with Crippen molar-refractivity contribution in [1.29, 1.82) is 0 Å². The van der Waals surface area contributed by atoms with Gasteiger partial charge in [-0.25, -0.2) is 9.38 Å². The Morgan fingerprint density at radius 1 is 1.37 bits per heavy atom. The number of ether oxygens (including phenoxy) is 1. The summed E-state index contributed by atoms with van der Waals surface area (Å²) in [6.07, 6.45) is 1.09. The number of hydrogen-bond donors (Lipinski definition) is 1. The first-order valence-corrected chi connectivity index (χ1v) is 10.2. The minimum Gasteiger partial charge on any atom is -0.489 e. The van der Waals surface area contributed by atoms with Gasteiger partial charge in [0.1, 0.15) is 17.7 Å². The number of likely N-dealkylation sites (tertiary alicyclic amines) is 1. The van der Waals surface area contributed by atoms with Gasteiger partial charge in [-0.05, 0) is 51.4 Å². The van der Waals surface area contributed by atoms with Crippen LogP contribution in [0.5, 0.6) is 5.75 Å². The van der Waals surface area contributed by atoms with Gasteiger partial charge in [-0.15, -0.1) is 0 Å². The number of halogens is 1. The maximum atomic E-state index is 13.3. The monoisotopic (exact) mass is 378 g/mol. The molecule has 152 valence electrons. The smallest absolute Gasteiger partial charge is 0.194 e. The molecule has 0 radical (unpaired) electrons. The number of nitrogens with one attached hydrogen (secondary N) is 1. The van der Waals surface area contributed by atoms with Crippen molar-refractivity contribution in [3.05, 3.63) is 30.1 Å². The summed E-state index contributed by atoms with van der Waals surface area (Å²) in [5.74, 6) is 1.90. The molecule has 1 aliphatic heterocycles. The summed E-state index contributed by atoms with van der Waals surface area (Å²) in [5.41, 5.74) is 0. The molecule has 6 heteroatoms. The van der Waals surface area contributed by atoms with Gasteiger partial charge in [0.05, 0.1) is 6.54 Å². The van der Waals surface area contributed by atoms with Crippen molar-refractivity contribution in [2.45, 2.75) is 40.2 Å². The Labute approximate surface area is 163 Å². The first-order valence-electron chi connectivity index (χ1n) is 10.2. The highest BCUT2D eigenvalue weighted by molar-refractivity contribution is 5.80. The van der Waals surface area contributed by atoms with Gasteiger partial charge >= 0.3 is 0 Å². The van der Waals surface area contributed by atoms with E-state index in [1.807, 2.05) is 6.92 Å². The number of guanidine groups is 1. The SMILES string of the molecule is CCNC(=NCC(C)Oc1cccc(F)c1)N1CCC(CN(CC)CC)C1. The minimum atomic E-state index is -0.284. The third kappa shape index (κ3) is 7.01. The van der Waals surface area contributed by atoms with E-state index >= 15 is 0 Å². The molecule has 1 aromatic rings. The minimum absolute atomic E-state index is 0.116. The highest BCUT2D eigenvalue weighted by Crippen LogP contribution is 2.18. The zero-order valence-electron chi connectivity index (χ0n) is 17.2. The molecule has 0 bridgehead atoms. The molecule has 0 aromatic heterocycles. The molecule has 5 nitrogen and oxygen atoms in total. The average Bonchev–Trinajstić information content (AvgIpc) is 3.11. The first kappa shape index (κ1) is 21.5. The van der Waals surface area contributed by atoms with Crippen molar-refractivity contribution in [3.63, 3.8) is 0 Å². The van der Waals surface area contributed by atoms with Gasteiger partial charge in [-0.2, -0.15) is 0 Å². The van der Waals surface area contributed by atoms with Gasteiger partial charge in [0, 0.05) is 32.2 Å². The topological polar surface area (TPSA) is 40.1 Å². The summed E-state index contributed by atoms with van der Waals surface area (Å²) >= 11 is 0. The van der Waals surface area contributed by atoms with Crippen LogP contribution in [0, 0.1) is 11.7 Å². The highest BCUT2D eigenvalue weighted by atomic mass is 19.1. The van der Waals surface area contributed by atoms with E-state index in [0.29, 0.717) is 18.2 Å². The van der Waals surface area contributed by atoms with Gasteiger partial charge in [0.25, 0.3) is 0 Å². The van der Waals surface area contributed by atoms with Crippen LogP contribution in [0.4, 0.5) is 4.39 Å². The molecule has 0 amide bonds. The fourth-order valence-corrected chi connectivity index (χ4v) is 3.47. The predicted molar refractivity (Wildman–Crippen MR) is 110 cm³/mol. The van der Waals surface area contributed by atoms with Crippen molar-refractivity contribution in [2.75, 3.05) is 45.8 Å². The number of benzene rings is 1. The maximum absolute atomic E-state index is 13.3. The summed E-state index contributed by atoms with van der Waals surface area (Å²) in [5, 5.41) is 3.40. The lowest BCUT2D eigenvalue weighted by molar-refractivity contribution is 0.228. The van der Waals surface area contributed by atoms with E-state index in [9.17, 15) is 4.39 Å². The summed E-state index contributed by atoms with van der Waals surface area (Å²) in [4.78, 5) is 9.61. The van der Waals surface area contributed by atoms with Crippen LogP contribution in [-0.4, -0.2) is 67.7 Å². The van der Waals surface area contributed by atoms with Crippen LogP contribution < -0.4 is 10.1 Å². The standard InChI is InChI=1S/C21H35FN4O/c1-5-23-21(26-12-11-18(16-26)15-25(6-2)7-3)24-14-17(4)27-20-10-8-9-19(22)13-20/h8-10,13,17-18H,5-7,11-12,14-16H2,1-4H3,(H,23,24). The molecule has 0 spiro atoms. The van der Waals surface area contributed by atoms with Crippen LogP contribution in [0.3, 0.4) is 0 Å². The zero-order valence-corrected chi connectivity index (χ0v) is 17.2. The van der Waals surface area contributed by atoms with Gasteiger partial charge in [0.2, 0.25) is 0 Å². The summed E-state index contributed by atoms with van der Waals surface area (Å²) in [7, 11) is 0. The maximum Gasteiger partial charge on any atom is 0.194 e. The van der Waals surface area contributed by atoms with Crippen molar-refractivity contribution in [3.8, 4) is 5.75 Å². The van der Waals surface area contributed by atoms with E-state index in [1.165, 1.54) is 18.6 Å². The lowest BCUT2D eigenvalue weighted by Crippen LogP contribution is -2.41. The van der Waals surface area contributed by atoms with Crippen LogP contribution in [0.2, 0.25) is 0 Å². The number of hydrogen-bond acceptors (Lipinski definition) is 3. The van der Waals surface area contributed by atoms with Crippen LogP contribution in [0.1, 0.15) is 34.1 Å². The van der Waals surface area contributed by atoms with Gasteiger partial charge < -0.3 is 19.9 Å². The van der Waals surface area contributed by atoms with Gasteiger partial charge in [-0.3, -0.25) is 0 Å². The summed E-state index contributed by atoms with van der Waals surface area (Å²) in [6.45, 7) is 15.3. The Hall–Kier alpha value is -1.82. The molecule has 1 aromatic carbocycles. The number of nitrogens with zero attached hydrogens (tertiary/aromatic N) is 3. The molecular formula is C21H35FN4O. The molecule has 1 fully saturated rings. The number of aliphatic imine (C=N–C) groups is 1. The summed E-state index contributed by atoms with van der Waals surface area (Å²) < 4.78 is 19.1.